The molecule has 1 fully saturated rings. The molecule has 1 saturated heterocycles. The molecule has 2 rings (SSSR count). The van der Waals surface area contributed by atoms with Crippen molar-refractivity contribution in [2.75, 3.05) is 6.61 Å². The summed E-state index contributed by atoms with van der Waals surface area (Å²) >= 11 is 0. The van der Waals surface area contributed by atoms with Crippen LogP contribution >= 0.6 is 0 Å². The van der Waals surface area contributed by atoms with Crippen LogP contribution in [-0.2, 0) is 14.3 Å². The van der Waals surface area contributed by atoms with E-state index in [4.69, 9.17) is 9.47 Å². The van der Waals surface area contributed by atoms with Gasteiger partial charge >= 0.3 is 0 Å². The molecule has 0 saturated carbocycles. The largest absolute Gasteiger partial charge is 0.353 e. The molecule has 0 radical (unpaired) electrons. The number of ether oxygens (including phenoxy) is 2. The van der Waals surface area contributed by atoms with Gasteiger partial charge in [-0.1, -0.05) is 48.1 Å². The highest BCUT2D eigenvalue weighted by atomic mass is 16.7. The molecule has 0 aromatic heterocycles. The number of hydrogen-bond donors (Lipinski definition) is 0. The van der Waals surface area contributed by atoms with Crippen molar-refractivity contribution in [2.24, 2.45) is 0 Å². The Labute approximate surface area is 139 Å². The third-order valence-electron chi connectivity index (χ3n) is 3.75. The van der Waals surface area contributed by atoms with Crippen molar-refractivity contribution in [1.29, 1.82) is 0 Å². The molecule has 0 N–H and O–H groups in total. The molecule has 0 spiro atoms. The number of ketones is 1. The molecule has 1 heterocycles. The molecule has 1 aromatic rings. The van der Waals surface area contributed by atoms with Crippen LogP contribution in [0.2, 0.25) is 0 Å². The Morgan fingerprint density at radius 3 is 2.74 bits per heavy atom. The number of rotatable bonds is 7. The number of hydrogen-bond acceptors (Lipinski definition) is 3. The lowest BCUT2D eigenvalue weighted by atomic mass is 10.1. The molecular formula is C20H26O3. The Morgan fingerprint density at radius 1 is 1.30 bits per heavy atom. The van der Waals surface area contributed by atoms with Crippen molar-refractivity contribution < 1.29 is 14.3 Å². The number of benzene rings is 1. The fourth-order valence-electron chi connectivity index (χ4n) is 2.43. The minimum Gasteiger partial charge on any atom is -0.353 e. The van der Waals surface area contributed by atoms with Gasteiger partial charge in [0.1, 0.15) is 6.10 Å². The van der Waals surface area contributed by atoms with E-state index in [2.05, 4.69) is 0 Å². The second kappa shape index (κ2) is 9.43. The monoisotopic (exact) mass is 314 g/mol. The second-order valence-electron chi connectivity index (χ2n) is 6.08. The van der Waals surface area contributed by atoms with Gasteiger partial charge < -0.3 is 9.47 Å². The molecule has 2 unspecified atom stereocenters. The molecule has 2 atom stereocenters. The van der Waals surface area contributed by atoms with Gasteiger partial charge in [0.25, 0.3) is 0 Å². The zero-order valence-electron chi connectivity index (χ0n) is 14.0. The summed E-state index contributed by atoms with van der Waals surface area (Å²) in [6.45, 7) is 4.77. The SMILES string of the molecule is CC(C)=CCC(OC1CCCCO1)C(=O)/C=C/c1ccccc1. The maximum atomic E-state index is 12.5. The minimum absolute atomic E-state index is 0.0134. The van der Waals surface area contributed by atoms with E-state index in [9.17, 15) is 4.79 Å². The fraction of sp³-hybridized carbons (Fsp3) is 0.450. The first-order valence-corrected chi connectivity index (χ1v) is 8.32. The molecule has 0 aliphatic carbocycles. The third-order valence-corrected chi connectivity index (χ3v) is 3.75. The maximum Gasteiger partial charge on any atom is 0.184 e. The average Bonchev–Trinajstić information content (AvgIpc) is 2.58. The molecule has 124 valence electrons. The summed E-state index contributed by atoms with van der Waals surface area (Å²) < 4.78 is 11.5. The van der Waals surface area contributed by atoms with Crippen LogP contribution < -0.4 is 0 Å². The number of carbonyl (C=O) groups is 1. The van der Waals surface area contributed by atoms with E-state index >= 15 is 0 Å². The van der Waals surface area contributed by atoms with Crippen LogP contribution in [0.15, 0.2) is 48.1 Å². The van der Waals surface area contributed by atoms with Gasteiger partial charge in [0.2, 0.25) is 0 Å². The zero-order chi connectivity index (χ0) is 16.5. The van der Waals surface area contributed by atoms with E-state index in [0.29, 0.717) is 13.0 Å². The van der Waals surface area contributed by atoms with Gasteiger partial charge in [0.05, 0.1) is 0 Å². The summed E-state index contributed by atoms with van der Waals surface area (Å²) in [6.07, 6.45) is 8.36. The first kappa shape index (κ1) is 17.6. The average molecular weight is 314 g/mol. The summed E-state index contributed by atoms with van der Waals surface area (Å²) in [5.74, 6) is -0.0134. The van der Waals surface area contributed by atoms with E-state index in [1.807, 2.05) is 56.3 Å². The van der Waals surface area contributed by atoms with Crippen LogP contribution in [0.25, 0.3) is 6.08 Å². The lowest BCUT2D eigenvalue weighted by molar-refractivity contribution is -0.188. The lowest BCUT2D eigenvalue weighted by Gasteiger charge is -2.26. The Balaban J connectivity index is 2.00. The van der Waals surface area contributed by atoms with E-state index in [0.717, 1.165) is 24.8 Å². The topological polar surface area (TPSA) is 35.5 Å². The van der Waals surface area contributed by atoms with Crippen LogP contribution in [0, 0.1) is 0 Å². The predicted octanol–water partition coefficient (Wildman–Crippen LogP) is 4.54. The molecule has 1 aliphatic rings. The quantitative estimate of drug-likeness (QED) is 0.547. The Kier molecular flexibility index (Phi) is 7.24. The van der Waals surface area contributed by atoms with Crippen LogP contribution in [0.5, 0.6) is 0 Å². The Hall–Kier alpha value is -1.71. The summed E-state index contributed by atoms with van der Waals surface area (Å²) in [7, 11) is 0. The summed E-state index contributed by atoms with van der Waals surface area (Å²) in [4.78, 5) is 12.5. The summed E-state index contributed by atoms with van der Waals surface area (Å²) in [5.41, 5.74) is 2.19. The first-order valence-electron chi connectivity index (χ1n) is 8.32. The first-order chi connectivity index (χ1) is 11.1. The van der Waals surface area contributed by atoms with E-state index in [1.54, 1.807) is 6.08 Å². The van der Waals surface area contributed by atoms with Crippen molar-refractivity contribution in [2.45, 2.75) is 51.9 Å². The molecule has 23 heavy (non-hydrogen) atoms. The lowest BCUT2D eigenvalue weighted by Crippen LogP contribution is -2.32. The molecule has 3 nitrogen and oxygen atoms in total. The number of carbonyl (C=O) groups excluding carboxylic acids is 1. The van der Waals surface area contributed by atoms with Gasteiger partial charge in [-0.15, -0.1) is 0 Å². The fourth-order valence-corrected chi connectivity index (χ4v) is 2.43. The summed E-state index contributed by atoms with van der Waals surface area (Å²) in [5, 5.41) is 0. The van der Waals surface area contributed by atoms with Gasteiger partial charge in [-0.2, -0.15) is 0 Å². The molecule has 1 aliphatic heterocycles. The van der Waals surface area contributed by atoms with Crippen molar-refractivity contribution in [3.8, 4) is 0 Å². The highest BCUT2D eigenvalue weighted by Gasteiger charge is 2.23. The molecule has 0 bridgehead atoms. The molecular weight excluding hydrogens is 288 g/mol. The predicted molar refractivity (Wildman–Crippen MR) is 93.0 cm³/mol. The van der Waals surface area contributed by atoms with Gasteiger partial charge in [-0.25, -0.2) is 0 Å². The Bertz CT molecular complexity index is 535. The normalized spacial score (nSPS) is 19.5. The van der Waals surface area contributed by atoms with Crippen molar-refractivity contribution >= 4 is 11.9 Å². The third kappa shape index (κ3) is 6.51. The van der Waals surface area contributed by atoms with Crippen LogP contribution in [-0.4, -0.2) is 24.8 Å². The second-order valence-corrected chi connectivity index (χ2v) is 6.08. The van der Waals surface area contributed by atoms with Crippen molar-refractivity contribution in [3.05, 3.63) is 53.6 Å². The standard InChI is InChI=1S/C20H26O3/c1-16(2)11-14-19(23-20-10-6-7-15-22-20)18(21)13-12-17-8-4-3-5-9-17/h3-5,8-9,11-13,19-20H,6-7,10,14-15H2,1-2H3/b13-12+. The van der Waals surface area contributed by atoms with Crippen molar-refractivity contribution in [1.82, 2.24) is 0 Å². The van der Waals surface area contributed by atoms with Crippen LogP contribution in [0.3, 0.4) is 0 Å². The molecule has 1 aromatic carbocycles. The zero-order valence-corrected chi connectivity index (χ0v) is 14.0. The van der Waals surface area contributed by atoms with E-state index in [-0.39, 0.29) is 12.1 Å². The summed E-state index contributed by atoms with van der Waals surface area (Å²) in [6, 6.07) is 9.81. The highest BCUT2D eigenvalue weighted by molar-refractivity contribution is 5.97. The van der Waals surface area contributed by atoms with Crippen LogP contribution in [0.4, 0.5) is 0 Å². The smallest absolute Gasteiger partial charge is 0.184 e. The van der Waals surface area contributed by atoms with E-state index < -0.39 is 6.10 Å². The molecule has 3 heteroatoms. The Morgan fingerprint density at radius 2 is 2.09 bits per heavy atom. The van der Waals surface area contributed by atoms with Crippen molar-refractivity contribution in [3.63, 3.8) is 0 Å². The van der Waals surface area contributed by atoms with Gasteiger partial charge in [0.15, 0.2) is 12.1 Å². The molecule has 0 amide bonds. The minimum atomic E-state index is -0.479. The van der Waals surface area contributed by atoms with Gasteiger partial charge in [-0.05, 0) is 51.2 Å². The van der Waals surface area contributed by atoms with Crippen LogP contribution in [0.1, 0.15) is 45.1 Å². The van der Waals surface area contributed by atoms with Gasteiger partial charge in [0, 0.05) is 6.61 Å². The number of allylic oxidation sites excluding steroid dienone is 1. The van der Waals surface area contributed by atoms with E-state index in [1.165, 1.54) is 5.57 Å². The van der Waals surface area contributed by atoms with Gasteiger partial charge in [-0.3, -0.25) is 4.79 Å². The highest BCUT2D eigenvalue weighted by Crippen LogP contribution is 2.18. The maximum absolute atomic E-state index is 12.5.